The number of carbonyl (C=O) groups excluding carboxylic acids is 1. The molecular formula is C17H30N2O4. The minimum Gasteiger partial charge on any atom is -0.479 e. The van der Waals surface area contributed by atoms with Crippen LogP contribution in [0.15, 0.2) is 0 Å². The van der Waals surface area contributed by atoms with Gasteiger partial charge in [0.05, 0.1) is 0 Å². The number of ether oxygens (including phenoxy) is 1. The minimum absolute atomic E-state index is 0.127. The van der Waals surface area contributed by atoms with Gasteiger partial charge in [-0.2, -0.15) is 0 Å². The van der Waals surface area contributed by atoms with Crippen molar-refractivity contribution in [2.45, 2.75) is 77.0 Å². The smallest absolute Gasteiger partial charge is 0.411 e. The van der Waals surface area contributed by atoms with Crippen LogP contribution in [0.4, 0.5) is 4.79 Å². The van der Waals surface area contributed by atoms with Crippen molar-refractivity contribution in [3.05, 3.63) is 0 Å². The number of likely N-dealkylation sites (tertiary alicyclic amines) is 2. The lowest BCUT2D eigenvalue weighted by Gasteiger charge is -2.43. The average Bonchev–Trinajstić information content (AvgIpc) is 2.87. The van der Waals surface area contributed by atoms with E-state index in [2.05, 4.69) is 4.90 Å². The van der Waals surface area contributed by atoms with Gasteiger partial charge in [-0.25, -0.2) is 9.59 Å². The molecule has 2 saturated heterocycles. The van der Waals surface area contributed by atoms with Gasteiger partial charge in [0.25, 0.3) is 0 Å². The molecule has 2 aliphatic heterocycles. The summed E-state index contributed by atoms with van der Waals surface area (Å²) in [5.74, 6) is -0.918. The Morgan fingerprint density at radius 1 is 1.17 bits per heavy atom. The van der Waals surface area contributed by atoms with Crippen LogP contribution in [0.2, 0.25) is 0 Å². The number of nitrogens with zero attached hydrogens (tertiary/aromatic N) is 2. The second kappa shape index (κ2) is 6.67. The van der Waals surface area contributed by atoms with Crippen LogP contribution in [0, 0.1) is 0 Å². The summed E-state index contributed by atoms with van der Waals surface area (Å²) in [6, 6.07) is -0.127. The first-order valence-corrected chi connectivity index (χ1v) is 8.70. The largest absolute Gasteiger partial charge is 0.479 e. The summed E-state index contributed by atoms with van der Waals surface area (Å²) >= 11 is 0. The first kappa shape index (κ1) is 18.0. The highest BCUT2D eigenvalue weighted by molar-refractivity contribution is 5.86. The van der Waals surface area contributed by atoms with Gasteiger partial charge in [0.15, 0.2) is 5.54 Å². The number of hydrogen-bond acceptors (Lipinski definition) is 4. The molecule has 23 heavy (non-hydrogen) atoms. The van der Waals surface area contributed by atoms with Crippen LogP contribution < -0.4 is 0 Å². The summed E-state index contributed by atoms with van der Waals surface area (Å²) < 4.78 is 5.47. The zero-order valence-corrected chi connectivity index (χ0v) is 14.8. The Balaban J connectivity index is 2.29. The lowest BCUT2D eigenvalue weighted by atomic mass is 9.86. The van der Waals surface area contributed by atoms with Crippen LogP contribution in [0.3, 0.4) is 0 Å². The van der Waals surface area contributed by atoms with Gasteiger partial charge < -0.3 is 9.84 Å². The number of hydrogen-bond donors (Lipinski definition) is 1. The third-order valence-electron chi connectivity index (χ3n) is 5.01. The third-order valence-corrected chi connectivity index (χ3v) is 5.01. The summed E-state index contributed by atoms with van der Waals surface area (Å²) in [4.78, 5) is 28.5. The lowest BCUT2D eigenvalue weighted by molar-refractivity contribution is -0.153. The number of piperidine rings is 1. The first-order valence-electron chi connectivity index (χ1n) is 8.70. The standard InChI is InChI=1S/C17H30N2O4/c1-5-17(14(20)21)13(18-10-7-6-8-11-18)9-12-19(17)15(22)23-16(2,3)4/h13H,5-12H2,1-4H3,(H,20,21)/t13-,17+/m1/s1. The van der Waals surface area contributed by atoms with Gasteiger partial charge in [-0.1, -0.05) is 13.3 Å². The molecule has 6 heteroatoms. The van der Waals surface area contributed by atoms with E-state index in [9.17, 15) is 14.7 Å². The molecule has 6 nitrogen and oxygen atoms in total. The monoisotopic (exact) mass is 326 g/mol. The molecule has 0 spiro atoms. The van der Waals surface area contributed by atoms with Crippen LogP contribution in [-0.2, 0) is 9.53 Å². The zero-order chi connectivity index (χ0) is 17.3. The van der Waals surface area contributed by atoms with Crippen LogP contribution in [-0.4, -0.2) is 63.8 Å². The van der Waals surface area contributed by atoms with E-state index in [0.717, 1.165) is 25.9 Å². The molecule has 0 aromatic rings. The Labute approximate surface area is 138 Å². The molecular weight excluding hydrogens is 296 g/mol. The molecule has 2 rings (SSSR count). The number of aliphatic carboxylic acids is 1. The molecule has 1 amide bonds. The second-order valence-corrected chi connectivity index (χ2v) is 7.62. The maximum Gasteiger partial charge on any atom is 0.411 e. The number of amides is 1. The number of carboxylic acid groups (broad SMARTS) is 1. The topological polar surface area (TPSA) is 70.1 Å². The molecule has 1 N–H and O–H groups in total. The fourth-order valence-electron chi connectivity index (χ4n) is 3.99. The summed E-state index contributed by atoms with van der Waals surface area (Å²) in [7, 11) is 0. The molecule has 0 bridgehead atoms. The molecule has 0 aromatic heterocycles. The Morgan fingerprint density at radius 3 is 2.26 bits per heavy atom. The van der Waals surface area contributed by atoms with E-state index in [-0.39, 0.29) is 6.04 Å². The van der Waals surface area contributed by atoms with Crippen molar-refractivity contribution in [1.29, 1.82) is 0 Å². The Kier molecular flexibility index (Phi) is 5.23. The van der Waals surface area contributed by atoms with E-state index < -0.39 is 23.2 Å². The van der Waals surface area contributed by atoms with E-state index in [1.807, 2.05) is 6.92 Å². The highest BCUT2D eigenvalue weighted by Crippen LogP contribution is 2.38. The molecule has 0 radical (unpaired) electrons. The Hall–Kier alpha value is -1.30. The summed E-state index contributed by atoms with van der Waals surface area (Å²) in [6.45, 7) is 9.54. The van der Waals surface area contributed by atoms with Crippen molar-refractivity contribution in [2.75, 3.05) is 19.6 Å². The summed E-state index contributed by atoms with van der Waals surface area (Å²) in [6.07, 6.45) is 3.97. The van der Waals surface area contributed by atoms with Crippen LogP contribution >= 0.6 is 0 Å². The van der Waals surface area contributed by atoms with Gasteiger partial charge in [0, 0.05) is 12.6 Å². The van der Waals surface area contributed by atoms with Crippen LogP contribution in [0.5, 0.6) is 0 Å². The van der Waals surface area contributed by atoms with E-state index in [1.54, 1.807) is 20.8 Å². The summed E-state index contributed by atoms with van der Waals surface area (Å²) in [5, 5.41) is 10.0. The molecule has 0 aromatic carbocycles. The second-order valence-electron chi connectivity index (χ2n) is 7.62. The van der Waals surface area contributed by atoms with E-state index in [1.165, 1.54) is 11.3 Å². The quantitative estimate of drug-likeness (QED) is 0.863. The molecule has 2 heterocycles. The van der Waals surface area contributed by atoms with Gasteiger partial charge >= 0.3 is 12.1 Å². The lowest BCUT2D eigenvalue weighted by Crippen LogP contribution is -2.63. The van der Waals surface area contributed by atoms with Crippen LogP contribution in [0.1, 0.15) is 59.8 Å². The first-order chi connectivity index (χ1) is 10.7. The molecule has 0 aliphatic carbocycles. The Morgan fingerprint density at radius 2 is 1.78 bits per heavy atom. The fraction of sp³-hybridized carbons (Fsp3) is 0.882. The average molecular weight is 326 g/mol. The van der Waals surface area contributed by atoms with Gasteiger partial charge in [0.2, 0.25) is 0 Å². The predicted octanol–water partition coefficient (Wildman–Crippen LogP) is 2.72. The Bertz CT molecular complexity index is 454. The van der Waals surface area contributed by atoms with Crippen molar-refractivity contribution in [1.82, 2.24) is 9.80 Å². The number of carbonyl (C=O) groups is 2. The van der Waals surface area contributed by atoms with Gasteiger partial charge in [-0.15, -0.1) is 0 Å². The predicted molar refractivity (Wildman–Crippen MR) is 87.4 cm³/mol. The maximum atomic E-state index is 12.6. The van der Waals surface area contributed by atoms with Crippen molar-refractivity contribution in [2.24, 2.45) is 0 Å². The molecule has 2 atom stereocenters. The van der Waals surface area contributed by atoms with Crippen molar-refractivity contribution in [3.63, 3.8) is 0 Å². The third kappa shape index (κ3) is 3.47. The number of carboxylic acids is 1. The van der Waals surface area contributed by atoms with E-state index >= 15 is 0 Å². The minimum atomic E-state index is -1.18. The fourth-order valence-corrected chi connectivity index (χ4v) is 3.99. The van der Waals surface area contributed by atoms with Crippen molar-refractivity contribution < 1.29 is 19.4 Å². The van der Waals surface area contributed by atoms with Crippen molar-refractivity contribution >= 4 is 12.1 Å². The van der Waals surface area contributed by atoms with E-state index in [0.29, 0.717) is 19.4 Å². The molecule has 2 aliphatic rings. The molecule has 132 valence electrons. The van der Waals surface area contributed by atoms with Gasteiger partial charge in [0.1, 0.15) is 5.60 Å². The normalized spacial score (nSPS) is 29.6. The highest BCUT2D eigenvalue weighted by atomic mass is 16.6. The van der Waals surface area contributed by atoms with Crippen LogP contribution in [0.25, 0.3) is 0 Å². The summed E-state index contributed by atoms with van der Waals surface area (Å²) in [5.41, 5.74) is -1.81. The van der Waals surface area contributed by atoms with Gasteiger partial charge in [-0.3, -0.25) is 9.80 Å². The number of rotatable bonds is 3. The zero-order valence-electron chi connectivity index (χ0n) is 14.8. The molecule has 0 saturated carbocycles. The highest BCUT2D eigenvalue weighted by Gasteiger charge is 2.58. The van der Waals surface area contributed by atoms with Crippen molar-refractivity contribution in [3.8, 4) is 0 Å². The maximum absolute atomic E-state index is 12.6. The van der Waals surface area contributed by atoms with Gasteiger partial charge in [-0.05, 0) is 59.5 Å². The van der Waals surface area contributed by atoms with E-state index in [4.69, 9.17) is 4.74 Å². The molecule has 0 unspecified atom stereocenters. The SMILES string of the molecule is CC[C@@]1(C(=O)O)[C@H](N2CCCCC2)CCN1C(=O)OC(C)(C)C. The molecule has 2 fully saturated rings.